The second kappa shape index (κ2) is 7.00. The molecule has 1 unspecified atom stereocenters. The first-order valence-electron chi connectivity index (χ1n) is 6.17. The van der Waals surface area contributed by atoms with Crippen LogP contribution >= 0.6 is 0 Å². The van der Waals surface area contributed by atoms with Crippen molar-refractivity contribution in [1.29, 1.82) is 0 Å². The van der Waals surface area contributed by atoms with Crippen LogP contribution in [0.5, 0.6) is 0 Å². The molecular weight excluding hydrogens is 236 g/mol. The summed E-state index contributed by atoms with van der Waals surface area (Å²) in [6.07, 6.45) is 7.22. The summed E-state index contributed by atoms with van der Waals surface area (Å²) >= 11 is 0. The number of nitrogens with one attached hydrogen (secondary N) is 1. The molecular formula is C12H22N2O2S. The molecule has 5 heteroatoms. The average molecular weight is 258 g/mol. The predicted octanol–water partition coefficient (Wildman–Crippen LogP) is 0.108. The Balaban J connectivity index is 2.36. The van der Waals surface area contributed by atoms with Crippen molar-refractivity contribution in [1.82, 2.24) is 10.2 Å². The molecule has 1 aliphatic rings. The minimum absolute atomic E-state index is 0.0888. The van der Waals surface area contributed by atoms with Gasteiger partial charge >= 0.3 is 0 Å². The molecule has 0 bridgehead atoms. The largest absolute Gasteiger partial charge is 0.312 e. The van der Waals surface area contributed by atoms with Gasteiger partial charge in [0.15, 0.2) is 9.84 Å². The van der Waals surface area contributed by atoms with E-state index in [0.717, 1.165) is 25.9 Å². The van der Waals surface area contributed by atoms with Crippen LogP contribution in [0.1, 0.15) is 19.8 Å². The van der Waals surface area contributed by atoms with Crippen LogP contribution in [-0.2, 0) is 9.84 Å². The van der Waals surface area contributed by atoms with E-state index in [1.165, 1.54) is 0 Å². The summed E-state index contributed by atoms with van der Waals surface area (Å²) in [5.41, 5.74) is 0. The van der Waals surface area contributed by atoms with E-state index in [-0.39, 0.29) is 17.5 Å². The lowest BCUT2D eigenvalue weighted by Gasteiger charge is -2.26. The molecule has 0 amide bonds. The molecule has 98 valence electrons. The first-order valence-corrected chi connectivity index (χ1v) is 7.99. The van der Waals surface area contributed by atoms with Crippen molar-refractivity contribution in [3.8, 4) is 12.3 Å². The van der Waals surface area contributed by atoms with Crippen molar-refractivity contribution in [2.75, 3.05) is 37.7 Å². The standard InChI is InChI=1S/C12H22N2O2S/c1-3-7-14(8-4-2)9-5-12-11-17(15,16)10-6-13-12/h1,12-13H,4-11H2,2H3. The van der Waals surface area contributed by atoms with Gasteiger partial charge < -0.3 is 5.32 Å². The van der Waals surface area contributed by atoms with Gasteiger partial charge in [0.1, 0.15) is 0 Å². The zero-order chi connectivity index (χ0) is 12.7. The third kappa shape index (κ3) is 5.53. The third-order valence-electron chi connectivity index (χ3n) is 2.95. The zero-order valence-corrected chi connectivity index (χ0v) is 11.3. The van der Waals surface area contributed by atoms with E-state index in [9.17, 15) is 8.42 Å². The van der Waals surface area contributed by atoms with Crippen LogP contribution in [0.25, 0.3) is 0 Å². The Morgan fingerprint density at radius 3 is 2.82 bits per heavy atom. The molecule has 1 atom stereocenters. The molecule has 4 nitrogen and oxygen atoms in total. The van der Waals surface area contributed by atoms with E-state index in [4.69, 9.17) is 6.42 Å². The fourth-order valence-electron chi connectivity index (χ4n) is 2.11. The van der Waals surface area contributed by atoms with Gasteiger partial charge in [-0.15, -0.1) is 6.42 Å². The summed E-state index contributed by atoms with van der Waals surface area (Å²) in [6.45, 7) is 5.19. The van der Waals surface area contributed by atoms with Gasteiger partial charge in [-0.2, -0.15) is 0 Å². The minimum Gasteiger partial charge on any atom is -0.312 e. The highest BCUT2D eigenvalue weighted by atomic mass is 32.2. The van der Waals surface area contributed by atoms with Gasteiger partial charge in [-0.05, 0) is 19.4 Å². The smallest absolute Gasteiger partial charge is 0.153 e. The fourth-order valence-corrected chi connectivity index (χ4v) is 3.60. The molecule has 1 heterocycles. The molecule has 1 saturated heterocycles. The molecule has 1 rings (SSSR count). The number of sulfone groups is 1. The van der Waals surface area contributed by atoms with Crippen LogP contribution in [0.3, 0.4) is 0 Å². The maximum absolute atomic E-state index is 11.5. The van der Waals surface area contributed by atoms with Gasteiger partial charge in [-0.25, -0.2) is 8.42 Å². The Hall–Kier alpha value is -0.570. The lowest BCUT2D eigenvalue weighted by atomic mass is 10.2. The molecule has 0 aromatic rings. The van der Waals surface area contributed by atoms with Crippen LogP contribution in [0.15, 0.2) is 0 Å². The van der Waals surface area contributed by atoms with E-state index in [1.807, 2.05) is 0 Å². The predicted molar refractivity (Wildman–Crippen MR) is 70.6 cm³/mol. The van der Waals surface area contributed by atoms with E-state index in [0.29, 0.717) is 13.1 Å². The summed E-state index contributed by atoms with van der Waals surface area (Å²) in [5.74, 6) is 3.18. The molecule has 0 radical (unpaired) electrons. The highest BCUT2D eigenvalue weighted by molar-refractivity contribution is 7.91. The van der Waals surface area contributed by atoms with Crippen LogP contribution in [-0.4, -0.2) is 57.0 Å². The van der Waals surface area contributed by atoms with Gasteiger partial charge in [0.05, 0.1) is 18.1 Å². The molecule has 0 aromatic carbocycles. The van der Waals surface area contributed by atoms with Gasteiger partial charge in [-0.1, -0.05) is 12.8 Å². The second-order valence-corrected chi connectivity index (χ2v) is 6.76. The van der Waals surface area contributed by atoms with Gasteiger partial charge in [0.25, 0.3) is 0 Å². The van der Waals surface area contributed by atoms with Gasteiger partial charge in [-0.3, -0.25) is 4.90 Å². The average Bonchev–Trinajstić information content (AvgIpc) is 2.25. The van der Waals surface area contributed by atoms with Crippen LogP contribution < -0.4 is 5.32 Å². The lowest BCUT2D eigenvalue weighted by molar-refractivity contribution is 0.288. The van der Waals surface area contributed by atoms with Crippen molar-refractivity contribution in [2.24, 2.45) is 0 Å². The number of hydrogen-bond donors (Lipinski definition) is 1. The maximum Gasteiger partial charge on any atom is 0.153 e. The Bertz CT molecular complexity index is 359. The van der Waals surface area contributed by atoms with Gasteiger partial charge in [0, 0.05) is 19.1 Å². The Morgan fingerprint density at radius 2 is 2.24 bits per heavy atom. The summed E-state index contributed by atoms with van der Waals surface area (Å²) in [7, 11) is -2.83. The Labute approximate surface area is 105 Å². The molecule has 0 aliphatic carbocycles. The SMILES string of the molecule is C#CCN(CCC)CCC1CS(=O)(=O)CCN1. The van der Waals surface area contributed by atoms with Gasteiger partial charge in [0.2, 0.25) is 0 Å². The van der Waals surface area contributed by atoms with E-state index in [2.05, 4.69) is 23.1 Å². The minimum atomic E-state index is -2.83. The summed E-state index contributed by atoms with van der Waals surface area (Å²) < 4.78 is 22.9. The summed E-state index contributed by atoms with van der Waals surface area (Å²) in [5, 5.41) is 3.26. The topological polar surface area (TPSA) is 49.4 Å². The maximum atomic E-state index is 11.5. The second-order valence-electron chi connectivity index (χ2n) is 4.53. The van der Waals surface area contributed by atoms with Crippen molar-refractivity contribution in [2.45, 2.75) is 25.8 Å². The number of hydrogen-bond acceptors (Lipinski definition) is 4. The number of terminal acetylenes is 1. The first-order chi connectivity index (χ1) is 8.07. The van der Waals surface area contributed by atoms with Crippen LogP contribution in [0, 0.1) is 12.3 Å². The monoisotopic (exact) mass is 258 g/mol. The Kier molecular flexibility index (Phi) is 5.96. The molecule has 0 aromatic heterocycles. The fraction of sp³-hybridized carbons (Fsp3) is 0.833. The van der Waals surface area contributed by atoms with Crippen molar-refractivity contribution in [3.63, 3.8) is 0 Å². The summed E-state index contributed by atoms with van der Waals surface area (Å²) in [6, 6.07) is 0.0888. The summed E-state index contributed by atoms with van der Waals surface area (Å²) in [4.78, 5) is 2.20. The normalized spacial score (nSPS) is 23.5. The molecule has 1 aliphatic heterocycles. The van der Waals surface area contributed by atoms with Crippen molar-refractivity contribution >= 4 is 9.84 Å². The quantitative estimate of drug-likeness (QED) is 0.687. The van der Waals surface area contributed by atoms with Crippen molar-refractivity contribution in [3.05, 3.63) is 0 Å². The molecule has 0 spiro atoms. The van der Waals surface area contributed by atoms with E-state index >= 15 is 0 Å². The lowest BCUT2D eigenvalue weighted by Crippen LogP contribution is -2.46. The highest BCUT2D eigenvalue weighted by Gasteiger charge is 2.24. The Morgan fingerprint density at radius 1 is 1.47 bits per heavy atom. The van der Waals surface area contributed by atoms with E-state index < -0.39 is 9.84 Å². The molecule has 17 heavy (non-hydrogen) atoms. The van der Waals surface area contributed by atoms with Crippen LogP contribution in [0.4, 0.5) is 0 Å². The molecule has 1 fully saturated rings. The zero-order valence-electron chi connectivity index (χ0n) is 10.5. The van der Waals surface area contributed by atoms with Crippen molar-refractivity contribution < 1.29 is 8.42 Å². The van der Waals surface area contributed by atoms with E-state index in [1.54, 1.807) is 0 Å². The first kappa shape index (κ1) is 14.5. The molecule has 1 N–H and O–H groups in total. The third-order valence-corrected chi connectivity index (χ3v) is 4.69. The number of nitrogens with zero attached hydrogens (tertiary/aromatic N) is 1. The highest BCUT2D eigenvalue weighted by Crippen LogP contribution is 2.06. The molecule has 0 saturated carbocycles. The van der Waals surface area contributed by atoms with Crippen LogP contribution in [0.2, 0.25) is 0 Å². The number of rotatable bonds is 6.